The molecule has 1 aromatic heterocycles. The fourth-order valence-corrected chi connectivity index (χ4v) is 4.49. The van der Waals surface area contributed by atoms with Gasteiger partial charge >= 0.3 is 0 Å². The van der Waals surface area contributed by atoms with Crippen LogP contribution < -0.4 is 5.32 Å². The second-order valence-electron chi connectivity index (χ2n) is 4.94. The highest BCUT2D eigenvalue weighted by atomic mass is 79.9. The van der Waals surface area contributed by atoms with E-state index in [1.54, 1.807) is 0 Å². The molecule has 1 aliphatic carbocycles. The van der Waals surface area contributed by atoms with Crippen LogP contribution in [0.15, 0.2) is 15.9 Å². The number of hydrogen-bond donors (Lipinski definition) is 1. The van der Waals surface area contributed by atoms with Gasteiger partial charge in [-0.1, -0.05) is 19.8 Å². The van der Waals surface area contributed by atoms with Crippen LogP contribution in [0.5, 0.6) is 0 Å². The summed E-state index contributed by atoms with van der Waals surface area (Å²) in [5.41, 5.74) is 0. The van der Waals surface area contributed by atoms with Crippen LogP contribution in [0, 0.1) is 5.92 Å². The molecule has 1 aromatic rings. The van der Waals surface area contributed by atoms with Crippen molar-refractivity contribution in [2.24, 2.45) is 5.92 Å². The Balaban J connectivity index is 1.86. The fraction of sp³-hybridized carbons (Fsp3) is 0.714. The summed E-state index contributed by atoms with van der Waals surface area (Å²) in [4.78, 5) is 1.51. The van der Waals surface area contributed by atoms with Crippen LogP contribution in [0.4, 0.5) is 0 Å². The molecule has 1 fully saturated rings. The summed E-state index contributed by atoms with van der Waals surface area (Å²) in [5.74, 6) is 0.925. The van der Waals surface area contributed by atoms with Gasteiger partial charge in [0.25, 0.3) is 0 Å². The molecular weight excluding hydrogens is 294 g/mol. The SMILES string of the molecule is CCNC(CCc1sccc1Br)C1CCCC1. The van der Waals surface area contributed by atoms with E-state index in [1.807, 2.05) is 11.3 Å². The maximum atomic E-state index is 3.70. The third kappa shape index (κ3) is 3.80. The van der Waals surface area contributed by atoms with Crippen LogP contribution in [-0.4, -0.2) is 12.6 Å². The molecule has 0 amide bonds. The van der Waals surface area contributed by atoms with E-state index in [4.69, 9.17) is 0 Å². The third-order valence-corrected chi connectivity index (χ3v) is 5.79. The summed E-state index contributed by atoms with van der Waals surface area (Å²) < 4.78 is 1.30. The Morgan fingerprint density at radius 3 is 2.82 bits per heavy atom. The van der Waals surface area contributed by atoms with Gasteiger partial charge in [0.1, 0.15) is 0 Å². The monoisotopic (exact) mass is 315 g/mol. The molecule has 1 saturated carbocycles. The molecule has 96 valence electrons. The van der Waals surface area contributed by atoms with Gasteiger partial charge < -0.3 is 5.32 Å². The number of hydrogen-bond acceptors (Lipinski definition) is 2. The molecule has 0 aromatic carbocycles. The molecule has 0 bridgehead atoms. The first kappa shape index (κ1) is 13.6. The number of nitrogens with one attached hydrogen (secondary N) is 1. The van der Waals surface area contributed by atoms with E-state index in [0.717, 1.165) is 18.5 Å². The number of rotatable bonds is 6. The van der Waals surface area contributed by atoms with E-state index >= 15 is 0 Å². The Morgan fingerprint density at radius 2 is 2.24 bits per heavy atom. The van der Waals surface area contributed by atoms with Gasteiger partial charge in [0.2, 0.25) is 0 Å². The second kappa shape index (κ2) is 6.91. The zero-order valence-electron chi connectivity index (χ0n) is 10.5. The summed E-state index contributed by atoms with van der Waals surface area (Å²) >= 11 is 5.51. The Hall–Kier alpha value is 0.140. The summed E-state index contributed by atoms with van der Waals surface area (Å²) in [6, 6.07) is 2.90. The lowest BCUT2D eigenvalue weighted by atomic mass is 9.94. The van der Waals surface area contributed by atoms with E-state index < -0.39 is 0 Å². The van der Waals surface area contributed by atoms with Crippen molar-refractivity contribution in [2.45, 2.75) is 51.5 Å². The van der Waals surface area contributed by atoms with Crippen LogP contribution in [0.25, 0.3) is 0 Å². The summed E-state index contributed by atoms with van der Waals surface area (Å²) in [7, 11) is 0. The first-order chi connectivity index (χ1) is 8.31. The van der Waals surface area contributed by atoms with Gasteiger partial charge in [-0.05, 0) is 65.5 Å². The standard InChI is InChI=1S/C14H22BrNS/c1-2-16-13(11-5-3-4-6-11)7-8-14-12(15)9-10-17-14/h9-11,13,16H,2-8H2,1H3. The topological polar surface area (TPSA) is 12.0 Å². The molecule has 2 rings (SSSR count). The number of aryl methyl sites for hydroxylation is 1. The third-order valence-electron chi connectivity index (χ3n) is 3.81. The molecule has 17 heavy (non-hydrogen) atoms. The Morgan fingerprint density at radius 1 is 1.47 bits per heavy atom. The molecule has 1 nitrogen and oxygen atoms in total. The second-order valence-corrected chi connectivity index (χ2v) is 6.79. The predicted octanol–water partition coefficient (Wildman–Crippen LogP) is 4.61. The zero-order chi connectivity index (χ0) is 12.1. The molecular formula is C14H22BrNS. The van der Waals surface area contributed by atoms with Gasteiger partial charge in [0.15, 0.2) is 0 Å². The van der Waals surface area contributed by atoms with Gasteiger partial charge in [0, 0.05) is 15.4 Å². The molecule has 1 atom stereocenters. The van der Waals surface area contributed by atoms with Gasteiger partial charge in [0.05, 0.1) is 0 Å². The average Bonchev–Trinajstić information content (AvgIpc) is 2.96. The Bertz CT molecular complexity index is 331. The zero-order valence-corrected chi connectivity index (χ0v) is 12.9. The largest absolute Gasteiger partial charge is 0.314 e. The minimum Gasteiger partial charge on any atom is -0.314 e. The van der Waals surface area contributed by atoms with Crippen molar-refractivity contribution < 1.29 is 0 Å². The van der Waals surface area contributed by atoms with E-state index in [2.05, 4.69) is 39.6 Å². The highest BCUT2D eigenvalue weighted by Crippen LogP contribution is 2.31. The lowest BCUT2D eigenvalue weighted by molar-refractivity contribution is 0.346. The van der Waals surface area contributed by atoms with Crippen molar-refractivity contribution in [3.05, 3.63) is 20.8 Å². The molecule has 0 radical (unpaired) electrons. The quantitative estimate of drug-likeness (QED) is 0.808. The summed E-state index contributed by atoms with van der Waals surface area (Å²) in [6.07, 6.45) is 8.25. The van der Waals surface area contributed by atoms with Crippen molar-refractivity contribution in [3.8, 4) is 0 Å². The van der Waals surface area contributed by atoms with E-state index in [-0.39, 0.29) is 0 Å². The van der Waals surface area contributed by atoms with E-state index in [1.165, 1.54) is 47.9 Å². The van der Waals surface area contributed by atoms with Crippen LogP contribution in [-0.2, 0) is 6.42 Å². The maximum absolute atomic E-state index is 3.70. The minimum absolute atomic E-state index is 0.733. The van der Waals surface area contributed by atoms with Gasteiger partial charge in [-0.2, -0.15) is 0 Å². The molecule has 0 spiro atoms. The molecule has 1 heterocycles. The molecule has 1 N–H and O–H groups in total. The maximum Gasteiger partial charge on any atom is 0.0314 e. The molecule has 1 unspecified atom stereocenters. The minimum atomic E-state index is 0.733. The van der Waals surface area contributed by atoms with Crippen molar-refractivity contribution in [1.29, 1.82) is 0 Å². The van der Waals surface area contributed by atoms with Gasteiger partial charge in [-0.15, -0.1) is 11.3 Å². The highest BCUT2D eigenvalue weighted by molar-refractivity contribution is 9.10. The fourth-order valence-electron chi connectivity index (χ4n) is 2.92. The summed E-state index contributed by atoms with van der Waals surface area (Å²) in [6.45, 7) is 3.33. The summed E-state index contributed by atoms with van der Waals surface area (Å²) in [5, 5.41) is 5.87. The molecule has 0 aliphatic heterocycles. The number of thiophene rings is 1. The smallest absolute Gasteiger partial charge is 0.0314 e. The molecule has 1 aliphatic rings. The highest BCUT2D eigenvalue weighted by Gasteiger charge is 2.24. The van der Waals surface area contributed by atoms with Gasteiger partial charge in [-0.3, -0.25) is 0 Å². The van der Waals surface area contributed by atoms with Crippen molar-refractivity contribution >= 4 is 27.3 Å². The van der Waals surface area contributed by atoms with Crippen LogP contribution >= 0.6 is 27.3 Å². The lowest BCUT2D eigenvalue weighted by Gasteiger charge is -2.24. The predicted molar refractivity (Wildman–Crippen MR) is 79.8 cm³/mol. The van der Waals surface area contributed by atoms with Gasteiger partial charge in [-0.25, -0.2) is 0 Å². The number of halogens is 1. The van der Waals surface area contributed by atoms with Crippen molar-refractivity contribution in [2.75, 3.05) is 6.54 Å². The Labute approximate surface area is 117 Å². The first-order valence-electron chi connectivity index (χ1n) is 6.76. The van der Waals surface area contributed by atoms with Crippen molar-refractivity contribution in [3.63, 3.8) is 0 Å². The molecule has 3 heteroatoms. The Kier molecular flexibility index (Phi) is 5.51. The van der Waals surface area contributed by atoms with Crippen molar-refractivity contribution in [1.82, 2.24) is 5.32 Å². The van der Waals surface area contributed by atoms with E-state index in [0.29, 0.717) is 0 Å². The van der Waals surface area contributed by atoms with Crippen LogP contribution in [0.1, 0.15) is 43.9 Å². The first-order valence-corrected chi connectivity index (χ1v) is 8.43. The average molecular weight is 316 g/mol. The normalized spacial score (nSPS) is 18.7. The van der Waals surface area contributed by atoms with Crippen LogP contribution in [0.3, 0.4) is 0 Å². The van der Waals surface area contributed by atoms with E-state index in [9.17, 15) is 0 Å². The van der Waals surface area contributed by atoms with Crippen LogP contribution in [0.2, 0.25) is 0 Å². The molecule has 0 saturated heterocycles. The lowest BCUT2D eigenvalue weighted by Crippen LogP contribution is -2.35.